The van der Waals surface area contributed by atoms with Gasteiger partial charge in [-0.05, 0) is 44.6 Å². The predicted molar refractivity (Wildman–Crippen MR) is 70.2 cm³/mol. The van der Waals surface area contributed by atoms with Crippen molar-refractivity contribution >= 4 is 5.91 Å². The number of nitrogens with zero attached hydrogens (tertiary/aromatic N) is 1. The van der Waals surface area contributed by atoms with Gasteiger partial charge in [0.2, 0.25) is 0 Å². The third kappa shape index (κ3) is 3.68. The number of carbonyl (C=O) groups excluding carboxylic acids is 1. The molecule has 0 aromatic rings. The summed E-state index contributed by atoms with van der Waals surface area (Å²) in [5.74, 6) is 5.16. The Kier molecular flexibility index (Phi) is 4.95. The first-order valence-electron chi connectivity index (χ1n) is 6.63. The average molecular weight is 241 g/mol. The van der Waals surface area contributed by atoms with Gasteiger partial charge in [0, 0.05) is 6.04 Å². The average Bonchev–Trinajstić information content (AvgIpc) is 2.29. The molecule has 1 saturated carbocycles. The van der Waals surface area contributed by atoms with Gasteiger partial charge in [-0.1, -0.05) is 20.8 Å². The van der Waals surface area contributed by atoms with Crippen LogP contribution in [0.25, 0.3) is 0 Å². The fourth-order valence-electron chi connectivity index (χ4n) is 2.80. The molecule has 0 aromatic heterocycles. The van der Waals surface area contributed by atoms with Crippen LogP contribution in [-0.2, 0) is 4.79 Å². The normalized spacial score (nSPS) is 22.5. The number of nitrogens with two attached hydrogens (primary N) is 1. The van der Waals surface area contributed by atoms with Crippen molar-refractivity contribution in [3.8, 4) is 0 Å². The van der Waals surface area contributed by atoms with Gasteiger partial charge < -0.3 is 0 Å². The number of amides is 1. The molecule has 0 aliphatic heterocycles. The minimum atomic E-state index is -0.0915. The van der Waals surface area contributed by atoms with Crippen LogP contribution in [-0.4, -0.2) is 29.9 Å². The van der Waals surface area contributed by atoms with E-state index < -0.39 is 0 Å². The largest absolute Gasteiger partial charge is 0.293 e. The van der Waals surface area contributed by atoms with Gasteiger partial charge in [-0.25, -0.2) is 5.84 Å². The zero-order valence-electron chi connectivity index (χ0n) is 11.6. The van der Waals surface area contributed by atoms with Gasteiger partial charge in [0.1, 0.15) is 0 Å². The van der Waals surface area contributed by atoms with Crippen molar-refractivity contribution in [2.24, 2.45) is 11.3 Å². The van der Waals surface area contributed by atoms with Gasteiger partial charge >= 0.3 is 0 Å². The second-order valence-electron chi connectivity index (χ2n) is 5.99. The van der Waals surface area contributed by atoms with Crippen molar-refractivity contribution in [2.45, 2.75) is 65.0 Å². The summed E-state index contributed by atoms with van der Waals surface area (Å²) in [6.45, 7) is 6.68. The highest BCUT2D eigenvalue weighted by Gasteiger charge is 2.32. The van der Waals surface area contributed by atoms with Crippen molar-refractivity contribution < 1.29 is 4.79 Å². The van der Waals surface area contributed by atoms with Crippen LogP contribution in [0, 0.1) is 5.41 Å². The molecule has 4 heteroatoms. The summed E-state index contributed by atoms with van der Waals surface area (Å²) >= 11 is 0. The van der Waals surface area contributed by atoms with Crippen LogP contribution in [0.4, 0.5) is 0 Å². The van der Waals surface area contributed by atoms with Gasteiger partial charge in [-0.3, -0.25) is 15.1 Å². The van der Waals surface area contributed by atoms with Gasteiger partial charge in [0.15, 0.2) is 0 Å². The van der Waals surface area contributed by atoms with Crippen LogP contribution in [0.3, 0.4) is 0 Å². The Morgan fingerprint density at radius 3 is 2.41 bits per heavy atom. The Morgan fingerprint density at radius 2 is 2.00 bits per heavy atom. The molecule has 1 fully saturated rings. The molecule has 1 unspecified atom stereocenters. The Balaban J connectivity index is 2.57. The standard InChI is InChI=1S/C13H27N3O/c1-5-11(12(17)15-14)16(4)10-6-8-13(2,3)9-7-10/h10-11H,5-9,14H2,1-4H3,(H,15,17). The van der Waals surface area contributed by atoms with Crippen molar-refractivity contribution in [1.82, 2.24) is 10.3 Å². The Hall–Kier alpha value is -0.610. The molecule has 1 aliphatic rings. The molecule has 1 atom stereocenters. The number of hydrazine groups is 1. The van der Waals surface area contributed by atoms with Crippen LogP contribution in [0.5, 0.6) is 0 Å². The summed E-state index contributed by atoms with van der Waals surface area (Å²) < 4.78 is 0. The van der Waals surface area contributed by atoms with E-state index in [1.165, 1.54) is 25.7 Å². The Labute approximate surface area is 105 Å². The van der Waals surface area contributed by atoms with E-state index in [2.05, 4.69) is 24.2 Å². The molecule has 1 rings (SSSR count). The highest BCUT2D eigenvalue weighted by molar-refractivity contribution is 5.81. The maximum atomic E-state index is 11.7. The molecule has 0 heterocycles. The molecule has 100 valence electrons. The second-order valence-corrected chi connectivity index (χ2v) is 5.99. The molecule has 0 aromatic carbocycles. The highest BCUT2D eigenvalue weighted by Crippen LogP contribution is 2.37. The number of nitrogens with one attached hydrogen (secondary N) is 1. The van der Waals surface area contributed by atoms with E-state index in [-0.39, 0.29) is 11.9 Å². The maximum Gasteiger partial charge on any atom is 0.251 e. The van der Waals surface area contributed by atoms with Gasteiger partial charge in [0.05, 0.1) is 6.04 Å². The second kappa shape index (κ2) is 5.83. The SMILES string of the molecule is CCC(C(=O)NN)N(C)C1CCC(C)(C)CC1. The molecule has 0 bridgehead atoms. The fourth-order valence-corrected chi connectivity index (χ4v) is 2.80. The zero-order chi connectivity index (χ0) is 13.1. The summed E-state index contributed by atoms with van der Waals surface area (Å²) in [4.78, 5) is 13.9. The predicted octanol–water partition coefficient (Wildman–Crippen LogP) is 1.66. The van der Waals surface area contributed by atoms with E-state index in [0.29, 0.717) is 11.5 Å². The molecule has 17 heavy (non-hydrogen) atoms. The van der Waals surface area contributed by atoms with Crippen LogP contribution < -0.4 is 11.3 Å². The van der Waals surface area contributed by atoms with Crippen molar-refractivity contribution in [1.29, 1.82) is 0 Å². The minimum absolute atomic E-state index is 0.0696. The molecular weight excluding hydrogens is 214 g/mol. The molecule has 3 N–H and O–H groups in total. The molecule has 1 amide bonds. The lowest BCUT2D eigenvalue weighted by Crippen LogP contribution is -2.51. The number of hydrogen-bond donors (Lipinski definition) is 2. The van der Waals surface area contributed by atoms with E-state index >= 15 is 0 Å². The first-order chi connectivity index (χ1) is 7.91. The summed E-state index contributed by atoms with van der Waals surface area (Å²) in [5.41, 5.74) is 2.74. The maximum absolute atomic E-state index is 11.7. The fraction of sp³-hybridized carbons (Fsp3) is 0.923. The number of likely N-dealkylation sites (N-methyl/N-ethyl adjacent to an activating group) is 1. The summed E-state index contributed by atoms with van der Waals surface area (Å²) in [7, 11) is 2.05. The van der Waals surface area contributed by atoms with Gasteiger partial charge in [-0.2, -0.15) is 0 Å². The van der Waals surface area contributed by atoms with E-state index in [1.54, 1.807) is 0 Å². The van der Waals surface area contributed by atoms with E-state index in [1.807, 2.05) is 14.0 Å². The monoisotopic (exact) mass is 241 g/mol. The lowest BCUT2D eigenvalue weighted by Gasteiger charge is -2.41. The van der Waals surface area contributed by atoms with Crippen LogP contribution in [0.2, 0.25) is 0 Å². The van der Waals surface area contributed by atoms with E-state index in [4.69, 9.17) is 5.84 Å². The smallest absolute Gasteiger partial charge is 0.251 e. The minimum Gasteiger partial charge on any atom is -0.293 e. The molecule has 0 saturated heterocycles. The first-order valence-corrected chi connectivity index (χ1v) is 6.63. The van der Waals surface area contributed by atoms with Crippen LogP contribution in [0.1, 0.15) is 52.9 Å². The van der Waals surface area contributed by atoms with Crippen molar-refractivity contribution in [3.63, 3.8) is 0 Å². The summed E-state index contributed by atoms with van der Waals surface area (Å²) in [6.07, 6.45) is 5.64. The number of rotatable bonds is 4. The topological polar surface area (TPSA) is 58.4 Å². The van der Waals surface area contributed by atoms with Crippen LogP contribution >= 0.6 is 0 Å². The Morgan fingerprint density at radius 1 is 1.47 bits per heavy atom. The lowest BCUT2D eigenvalue weighted by molar-refractivity contribution is -0.127. The molecular formula is C13H27N3O. The lowest BCUT2D eigenvalue weighted by atomic mass is 9.75. The van der Waals surface area contributed by atoms with Gasteiger partial charge in [0.25, 0.3) is 5.91 Å². The van der Waals surface area contributed by atoms with Crippen LogP contribution in [0.15, 0.2) is 0 Å². The highest BCUT2D eigenvalue weighted by atomic mass is 16.2. The molecule has 0 spiro atoms. The third-order valence-corrected chi connectivity index (χ3v) is 4.21. The number of carbonyl (C=O) groups is 1. The van der Waals surface area contributed by atoms with Crippen molar-refractivity contribution in [2.75, 3.05) is 7.05 Å². The summed E-state index contributed by atoms with van der Waals surface area (Å²) in [6, 6.07) is 0.427. The molecule has 0 radical (unpaired) electrons. The quantitative estimate of drug-likeness (QED) is 0.447. The summed E-state index contributed by atoms with van der Waals surface area (Å²) in [5, 5.41) is 0. The van der Waals surface area contributed by atoms with E-state index in [9.17, 15) is 4.79 Å². The number of hydrogen-bond acceptors (Lipinski definition) is 3. The zero-order valence-corrected chi connectivity index (χ0v) is 11.6. The third-order valence-electron chi connectivity index (χ3n) is 4.21. The molecule has 1 aliphatic carbocycles. The van der Waals surface area contributed by atoms with E-state index in [0.717, 1.165) is 6.42 Å². The molecule has 4 nitrogen and oxygen atoms in total. The Bertz CT molecular complexity index is 255. The first kappa shape index (κ1) is 14.5. The van der Waals surface area contributed by atoms with Crippen molar-refractivity contribution in [3.05, 3.63) is 0 Å². The van der Waals surface area contributed by atoms with Gasteiger partial charge in [-0.15, -0.1) is 0 Å².